The molecule has 0 aliphatic carbocycles. The fourth-order valence-electron chi connectivity index (χ4n) is 3.77. The van der Waals surface area contributed by atoms with Crippen LogP contribution in [0.4, 0.5) is 11.4 Å². The summed E-state index contributed by atoms with van der Waals surface area (Å²) in [6.07, 6.45) is 1.05. The molecule has 0 radical (unpaired) electrons. The fourth-order valence-corrected chi connectivity index (χ4v) is 3.77. The monoisotopic (exact) mass is 394 g/mol. The van der Waals surface area contributed by atoms with E-state index in [0.29, 0.717) is 6.54 Å². The molecule has 1 amide bonds. The van der Waals surface area contributed by atoms with Gasteiger partial charge in [-0.1, -0.05) is 38.1 Å². The summed E-state index contributed by atoms with van der Waals surface area (Å²) >= 11 is 0. The topological polar surface area (TPSA) is 38.8 Å². The Labute approximate surface area is 175 Å². The van der Waals surface area contributed by atoms with E-state index in [1.807, 2.05) is 24.1 Å². The number of carbonyl (C=O) groups excluding carboxylic acids is 1. The summed E-state index contributed by atoms with van der Waals surface area (Å²) in [5.74, 6) is 0.0157. The van der Waals surface area contributed by atoms with Crippen molar-refractivity contribution in [1.82, 2.24) is 9.80 Å². The molecular formula is C24H34N4O. The van der Waals surface area contributed by atoms with Crippen LogP contribution in [0.1, 0.15) is 25.0 Å². The van der Waals surface area contributed by atoms with Crippen molar-refractivity contribution in [2.75, 3.05) is 56.5 Å². The minimum atomic E-state index is 0.0157. The lowest BCUT2D eigenvalue weighted by atomic mass is 10.1. The SMILES string of the molecule is CCc1ccc(CN(C)CC(=O)Nc2ccc(N3CCN(CC)CC3)cc2)cc1. The van der Waals surface area contributed by atoms with E-state index in [4.69, 9.17) is 0 Å². The summed E-state index contributed by atoms with van der Waals surface area (Å²) in [6.45, 7) is 11.0. The minimum absolute atomic E-state index is 0.0157. The van der Waals surface area contributed by atoms with Crippen LogP contribution in [0.2, 0.25) is 0 Å². The Kier molecular flexibility index (Phi) is 7.67. The van der Waals surface area contributed by atoms with Crippen LogP contribution in [0.15, 0.2) is 48.5 Å². The van der Waals surface area contributed by atoms with Crippen LogP contribution in [0.25, 0.3) is 0 Å². The van der Waals surface area contributed by atoms with Crippen molar-refractivity contribution in [1.29, 1.82) is 0 Å². The molecule has 1 heterocycles. The summed E-state index contributed by atoms with van der Waals surface area (Å²) in [5.41, 5.74) is 4.65. The lowest BCUT2D eigenvalue weighted by Gasteiger charge is -2.35. The van der Waals surface area contributed by atoms with Crippen LogP contribution in [-0.2, 0) is 17.8 Å². The first-order valence-corrected chi connectivity index (χ1v) is 10.7. The van der Waals surface area contributed by atoms with Crippen LogP contribution in [0.3, 0.4) is 0 Å². The summed E-state index contributed by atoms with van der Waals surface area (Å²) in [6, 6.07) is 16.8. The molecule has 1 fully saturated rings. The lowest BCUT2D eigenvalue weighted by molar-refractivity contribution is -0.117. The first kappa shape index (κ1) is 21.3. The number of piperazine rings is 1. The predicted molar refractivity (Wildman–Crippen MR) is 122 cm³/mol. The van der Waals surface area contributed by atoms with Crippen LogP contribution in [0.5, 0.6) is 0 Å². The Hall–Kier alpha value is -2.37. The first-order valence-electron chi connectivity index (χ1n) is 10.7. The zero-order valence-corrected chi connectivity index (χ0v) is 18.0. The van der Waals surface area contributed by atoms with Crippen LogP contribution in [-0.4, -0.2) is 62.0 Å². The molecule has 0 saturated carbocycles. The van der Waals surface area contributed by atoms with Crippen molar-refractivity contribution in [2.24, 2.45) is 0 Å². The van der Waals surface area contributed by atoms with Crippen LogP contribution >= 0.6 is 0 Å². The number of hydrogen-bond acceptors (Lipinski definition) is 4. The van der Waals surface area contributed by atoms with E-state index in [0.717, 1.165) is 51.4 Å². The molecule has 1 aliphatic rings. The summed E-state index contributed by atoms with van der Waals surface area (Å²) in [7, 11) is 1.98. The third-order valence-corrected chi connectivity index (χ3v) is 5.63. The molecule has 2 aromatic carbocycles. The second-order valence-electron chi connectivity index (χ2n) is 7.86. The van der Waals surface area contributed by atoms with Crippen molar-refractivity contribution >= 4 is 17.3 Å². The molecule has 0 spiro atoms. The average molecular weight is 395 g/mol. The molecule has 0 unspecified atom stereocenters. The predicted octanol–water partition coefficient (Wildman–Crippen LogP) is 3.46. The largest absolute Gasteiger partial charge is 0.369 e. The summed E-state index contributed by atoms with van der Waals surface area (Å²) in [5, 5.41) is 3.02. The zero-order chi connectivity index (χ0) is 20.6. The number of likely N-dealkylation sites (N-methyl/N-ethyl adjacent to an activating group) is 2. The summed E-state index contributed by atoms with van der Waals surface area (Å²) < 4.78 is 0. The normalized spacial score (nSPS) is 15.0. The van der Waals surface area contributed by atoms with Crippen molar-refractivity contribution in [3.05, 3.63) is 59.7 Å². The van der Waals surface area contributed by atoms with Gasteiger partial charge in [0, 0.05) is 44.1 Å². The Morgan fingerprint density at radius 3 is 2.14 bits per heavy atom. The van der Waals surface area contributed by atoms with E-state index >= 15 is 0 Å². The van der Waals surface area contributed by atoms with Gasteiger partial charge in [0.15, 0.2) is 0 Å². The first-order chi connectivity index (χ1) is 14.1. The van der Waals surface area contributed by atoms with Gasteiger partial charge in [0.05, 0.1) is 6.54 Å². The van der Waals surface area contributed by atoms with E-state index in [-0.39, 0.29) is 5.91 Å². The number of rotatable bonds is 8. The van der Waals surface area contributed by atoms with Gasteiger partial charge in [-0.15, -0.1) is 0 Å². The number of nitrogens with one attached hydrogen (secondary N) is 1. The third kappa shape index (κ3) is 6.31. The highest BCUT2D eigenvalue weighted by atomic mass is 16.2. The van der Waals surface area contributed by atoms with Crippen molar-refractivity contribution in [3.63, 3.8) is 0 Å². The Bertz CT molecular complexity index is 764. The Morgan fingerprint density at radius 2 is 1.55 bits per heavy atom. The Morgan fingerprint density at radius 1 is 0.931 bits per heavy atom. The van der Waals surface area contributed by atoms with E-state index in [1.54, 1.807) is 0 Å². The number of carbonyl (C=O) groups is 1. The smallest absolute Gasteiger partial charge is 0.238 e. The van der Waals surface area contributed by atoms with Gasteiger partial charge in [0.25, 0.3) is 0 Å². The molecule has 5 nitrogen and oxygen atoms in total. The number of nitrogens with zero attached hydrogens (tertiary/aromatic N) is 3. The molecule has 0 atom stereocenters. The molecule has 1 aliphatic heterocycles. The second kappa shape index (κ2) is 10.4. The average Bonchev–Trinajstić information content (AvgIpc) is 2.74. The zero-order valence-electron chi connectivity index (χ0n) is 18.0. The molecule has 3 rings (SSSR count). The number of aryl methyl sites for hydroxylation is 1. The highest BCUT2D eigenvalue weighted by molar-refractivity contribution is 5.92. The molecule has 5 heteroatoms. The van der Waals surface area contributed by atoms with Gasteiger partial charge in [0.1, 0.15) is 0 Å². The standard InChI is InChI=1S/C24H34N4O/c1-4-20-6-8-21(9-7-20)18-26(3)19-24(29)25-22-10-12-23(13-11-22)28-16-14-27(5-2)15-17-28/h6-13H,4-5,14-19H2,1-3H3,(H,25,29). The lowest BCUT2D eigenvalue weighted by Crippen LogP contribution is -2.46. The van der Waals surface area contributed by atoms with Crippen molar-refractivity contribution in [2.45, 2.75) is 26.8 Å². The van der Waals surface area contributed by atoms with Gasteiger partial charge in [0.2, 0.25) is 5.91 Å². The molecule has 156 valence electrons. The number of benzene rings is 2. The van der Waals surface area contributed by atoms with Gasteiger partial charge in [-0.2, -0.15) is 0 Å². The second-order valence-corrected chi connectivity index (χ2v) is 7.86. The van der Waals surface area contributed by atoms with E-state index < -0.39 is 0 Å². The van der Waals surface area contributed by atoms with E-state index in [1.165, 1.54) is 16.8 Å². The molecule has 1 saturated heterocycles. The number of amides is 1. The fraction of sp³-hybridized carbons (Fsp3) is 0.458. The quantitative estimate of drug-likeness (QED) is 0.744. The third-order valence-electron chi connectivity index (χ3n) is 5.63. The van der Waals surface area contributed by atoms with Crippen LogP contribution in [0, 0.1) is 0 Å². The van der Waals surface area contributed by atoms with Gasteiger partial charge in [-0.05, 0) is 55.4 Å². The number of anilines is 2. The minimum Gasteiger partial charge on any atom is -0.369 e. The maximum Gasteiger partial charge on any atom is 0.238 e. The van der Waals surface area contributed by atoms with Gasteiger partial charge < -0.3 is 15.1 Å². The van der Waals surface area contributed by atoms with Gasteiger partial charge in [-0.3, -0.25) is 9.69 Å². The highest BCUT2D eigenvalue weighted by Gasteiger charge is 2.16. The molecule has 2 aromatic rings. The Balaban J connectivity index is 1.46. The molecule has 1 N–H and O–H groups in total. The number of hydrogen-bond donors (Lipinski definition) is 1. The molecule has 0 bridgehead atoms. The van der Waals surface area contributed by atoms with Crippen LogP contribution < -0.4 is 10.2 Å². The maximum absolute atomic E-state index is 12.4. The van der Waals surface area contributed by atoms with E-state index in [9.17, 15) is 4.79 Å². The molecular weight excluding hydrogens is 360 g/mol. The van der Waals surface area contributed by atoms with Gasteiger partial charge in [-0.25, -0.2) is 0 Å². The van der Waals surface area contributed by atoms with Gasteiger partial charge >= 0.3 is 0 Å². The summed E-state index contributed by atoms with van der Waals surface area (Å²) in [4.78, 5) is 19.3. The molecule has 29 heavy (non-hydrogen) atoms. The van der Waals surface area contributed by atoms with Crippen molar-refractivity contribution < 1.29 is 4.79 Å². The molecule has 0 aromatic heterocycles. The van der Waals surface area contributed by atoms with Crippen molar-refractivity contribution in [3.8, 4) is 0 Å². The highest BCUT2D eigenvalue weighted by Crippen LogP contribution is 2.19. The van der Waals surface area contributed by atoms with E-state index in [2.05, 4.69) is 65.4 Å². The maximum atomic E-state index is 12.4.